The molecule has 0 saturated heterocycles. The third kappa shape index (κ3) is 2.66. The van der Waals surface area contributed by atoms with Crippen molar-refractivity contribution < 1.29 is 9.59 Å². The van der Waals surface area contributed by atoms with E-state index in [1.807, 2.05) is 0 Å². The summed E-state index contributed by atoms with van der Waals surface area (Å²) in [7, 11) is 0. The smallest absolute Gasteiger partial charge is 0.227 e. The van der Waals surface area contributed by atoms with Crippen molar-refractivity contribution in [3.63, 3.8) is 0 Å². The molecule has 2 rings (SSSR count). The number of anilines is 1. The number of hydrogen-bond donors (Lipinski definition) is 1. The molecule has 1 fully saturated rings. The maximum Gasteiger partial charge on any atom is 0.227 e. The second-order valence-electron chi connectivity index (χ2n) is 4.04. The molecule has 0 unspecified atom stereocenters. The number of aromatic nitrogens is 1. The Labute approximate surface area is 94.1 Å². The summed E-state index contributed by atoms with van der Waals surface area (Å²) < 4.78 is 0. The molecule has 4 nitrogen and oxygen atoms in total. The molecule has 4 heteroatoms. The highest BCUT2D eigenvalue weighted by molar-refractivity contribution is 5.93. The monoisotopic (exact) mass is 218 g/mol. The molecule has 1 amide bonds. The molecule has 1 aromatic heterocycles. The van der Waals surface area contributed by atoms with Gasteiger partial charge in [-0.05, 0) is 25.0 Å². The van der Waals surface area contributed by atoms with Gasteiger partial charge in [-0.2, -0.15) is 0 Å². The Morgan fingerprint density at radius 3 is 2.50 bits per heavy atom. The standard InChI is InChI=1S/C12H14N2O2/c15-11-3-1-9(2-4-11)12(16)14-10-5-7-13-8-6-10/h5-9H,1-4H2,(H,13,14,16). The first-order valence-corrected chi connectivity index (χ1v) is 5.48. The Kier molecular flexibility index (Phi) is 3.29. The minimum absolute atomic E-state index is 0.0127. The zero-order valence-corrected chi connectivity index (χ0v) is 8.98. The summed E-state index contributed by atoms with van der Waals surface area (Å²) in [6.45, 7) is 0. The van der Waals surface area contributed by atoms with Crippen LogP contribution in [0.1, 0.15) is 25.7 Å². The number of Topliss-reactive ketones (excluding diaryl/α,β-unsaturated/α-hetero) is 1. The van der Waals surface area contributed by atoms with Gasteiger partial charge < -0.3 is 5.32 Å². The number of ketones is 1. The first kappa shape index (κ1) is 10.8. The summed E-state index contributed by atoms with van der Waals surface area (Å²) in [6.07, 6.45) is 5.70. The van der Waals surface area contributed by atoms with Crippen LogP contribution >= 0.6 is 0 Å². The summed E-state index contributed by atoms with van der Waals surface area (Å²) in [5.41, 5.74) is 0.761. The lowest BCUT2D eigenvalue weighted by molar-refractivity contribution is -0.125. The van der Waals surface area contributed by atoms with Crippen molar-refractivity contribution in [1.82, 2.24) is 4.98 Å². The average molecular weight is 218 g/mol. The largest absolute Gasteiger partial charge is 0.326 e. The van der Waals surface area contributed by atoms with Gasteiger partial charge in [0.15, 0.2) is 0 Å². The molecule has 84 valence electrons. The maximum absolute atomic E-state index is 11.8. The van der Waals surface area contributed by atoms with E-state index in [-0.39, 0.29) is 17.6 Å². The van der Waals surface area contributed by atoms with Gasteiger partial charge >= 0.3 is 0 Å². The van der Waals surface area contributed by atoms with Crippen LogP contribution in [0.25, 0.3) is 0 Å². The lowest BCUT2D eigenvalue weighted by Gasteiger charge is -2.19. The quantitative estimate of drug-likeness (QED) is 0.823. The minimum Gasteiger partial charge on any atom is -0.326 e. The van der Waals surface area contributed by atoms with E-state index < -0.39 is 0 Å². The number of amides is 1. The maximum atomic E-state index is 11.8. The molecule has 1 aliphatic rings. The normalized spacial score (nSPS) is 17.1. The molecule has 1 saturated carbocycles. The van der Waals surface area contributed by atoms with E-state index in [1.165, 1.54) is 0 Å². The third-order valence-corrected chi connectivity index (χ3v) is 2.86. The summed E-state index contributed by atoms with van der Waals surface area (Å²) >= 11 is 0. The van der Waals surface area contributed by atoms with Crippen molar-refractivity contribution in [1.29, 1.82) is 0 Å². The van der Waals surface area contributed by atoms with Gasteiger partial charge in [0.2, 0.25) is 5.91 Å². The van der Waals surface area contributed by atoms with Gasteiger partial charge in [-0.25, -0.2) is 0 Å². The van der Waals surface area contributed by atoms with Crippen LogP contribution in [0.4, 0.5) is 5.69 Å². The molecule has 0 spiro atoms. The van der Waals surface area contributed by atoms with E-state index in [0.29, 0.717) is 25.7 Å². The molecule has 0 atom stereocenters. The topological polar surface area (TPSA) is 59.1 Å². The number of rotatable bonds is 2. The number of carbonyl (C=O) groups excluding carboxylic acids is 2. The van der Waals surface area contributed by atoms with Crippen LogP contribution in [0, 0.1) is 5.92 Å². The van der Waals surface area contributed by atoms with Gasteiger partial charge in [-0.15, -0.1) is 0 Å². The van der Waals surface area contributed by atoms with Gasteiger partial charge in [0.25, 0.3) is 0 Å². The Hall–Kier alpha value is -1.71. The second kappa shape index (κ2) is 4.88. The average Bonchev–Trinajstić information content (AvgIpc) is 2.31. The molecular weight excluding hydrogens is 204 g/mol. The van der Waals surface area contributed by atoms with Crippen LogP contribution in [-0.4, -0.2) is 16.7 Å². The van der Waals surface area contributed by atoms with Crippen LogP contribution in [-0.2, 0) is 9.59 Å². The van der Waals surface area contributed by atoms with Crippen LogP contribution in [0.15, 0.2) is 24.5 Å². The van der Waals surface area contributed by atoms with Crippen molar-refractivity contribution >= 4 is 17.4 Å². The van der Waals surface area contributed by atoms with Crippen molar-refractivity contribution in [3.05, 3.63) is 24.5 Å². The first-order valence-electron chi connectivity index (χ1n) is 5.48. The number of nitrogens with zero attached hydrogens (tertiary/aromatic N) is 1. The molecule has 1 N–H and O–H groups in total. The minimum atomic E-state index is -0.0223. The van der Waals surface area contributed by atoms with Gasteiger partial charge in [-0.3, -0.25) is 14.6 Å². The Balaban J connectivity index is 1.91. The number of carbonyl (C=O) groups is 2. The number of nitrogens with one attached hydrogen (secondary N) is 1. The van der Waals surface area contributed by atoms with E-state index in [1.54, 1.807) is 24.5 Å². The molecule has 1 aliphatic carbocycles. The number of hydrogen-bond acceptors (Lipinski definition) is 3. The fraction of sp³-hybridized carbons (Fsp3) is 0.417. The van der Waals surface area contributed by atoms with E-state index in [4.69, 9.17) is 0 Å². The molecule has 1 heterocycles. The molecule has 16 heavy (non-hydrogen) atoms. The Morgan fingerprint density at radius 2 is 1.88 bits per heavy atom. The third-order valence-electron chi connectivity index (χ3n) is 2.86. The highest BCUT2D eigenvalue weighted by atomic mass is 16.2. The van der Waals surface area contributed by atoms with Crippen LogP contribution in [0.3, 0.4) is 0 Å². The summed E-state index contributed by atoms with van der Waals surface area (Å²) in [4.78, 5) is 26.8. The van der Waals surface area contributed by atoms with Crippen LogP contribution < -0.4 is 5.32 Å². The Bertz CT molecular complexity index is 379. The molecule has 0 aliphatic heterocycles. The second-order valence-corrected chi connectivity index (χ2v) is 4.04. The summed E-state index contributed by atoms with van der Waals surface area (Å²) in [6, 6.07) is 3.51. The van der Waals surface area contributed by atoms with E-state index >= 15 is 0 Å². The van der Waals surface area contributed by atoms with Gasteiger partial charge in [0, 0.05) is 36.8 Å². The first-order chi connectivity index (χ1) is 7.75. The molecule has 0 radical (unpaired) electrons. The highest BCUT2D eigenvalue weighted by Gasteiger charge is 2.24. The SMILES string of the molecule is O=C1CCC(C(=O)Nc2ccncc2)CC1. The van der Waals surface area contributed by atoms with E-state index in [0.717, 1.165) is 5.69 Å². The predicted octanol–water partition coefficient (Wildman–Crippen LogP) is 1.78. The number of pyridine rings is 1. The fourth-order valence-electron chi connectivity index (χ4n) is 1.88. The van der Waals surface area contributed by atoms with E-state index in [2.05, 4.69) is 10.3 Å². The molecule has 0 aromatic carbocycles. The van der Waals surface area contributed by atoms with E-state index in [9.17, 15) is 9.59 Å². The van der Waals surface area contributed by atoms with Crippen molar-refractivity contribution in [2.75, 3.05) is 5.32 Å². The van der Waals surface area contributed by atoms with Crippen molar-refractivity contribution in [2.24, 2.45) is 5.92 Å². The highest BCUT2D eigenvalue weighted by Crippen LogP contribution is 2.22. The summed E-state index contributed by atoms with van der Waals surface area (Å²) in [5, 5.41) is 2.84. The lowest BCUT2D eigenvalue weighted by Crippen LogP contribution is -2.27. The van der Waals surface area contributed by atoms with Crippen molar-refractivity contribution in [3.8, 4) is 0 Å². The molecule has 0 bridgehead atoms. The van der Waals surface area contributed by atoms with Gasteiger partial charge in [-0.1, -0.05) is 0 Å². The van der Waals surface area contributed by atoms with Crippen LogP contribution in [0.2, 0.25) is 0 Å². The predicted molar refractivity (Wildman–Crippen MR) is 59.8 cm³/mol. The lowest BCUT2D eigenvalue weighted by atomic mass is 9.88. The molecule has 1 aromatic rings. The Morgan fingerprint density at radius 1 is 1.25 bits per heavy atom. The van der Waals surface area contributed by atoms with Crippen molar-refractivity contribution in [2.45, 2.75) is 25.7 Å². The fourth-order valence-corrected chi connectivity index (χ4v) is 1.88. The molecular formula is C12H14N2O2. The zero-order chi connectivity index (χ0) is 11.4. The van der Waals surface area contributed by atoms with Crippen LogP contribution in [0.5, 0.6) is 0 Å². The van der Waals surface area contributed by atoms with Gasteiger partial charge in [0.1, 0.15) is 5.78 Å². The summed E-state index contributed by atoms with van der Waals surface area (Å²) in [5.74, 6) is 0.262. The van der Waals surface area contributed by atoms with Gasteiger partial charge in [0.05, 0.1) is 0 Å². The zero-order valence-electron chi connectivity index (χ0n) is 8.98.